The molecule has 0 aliphatic carbocycles. The number of aromatic nitrogens is 5. The summed E-state index contributed by atoms with van der Waals surface area (Å²) in [5, 5.41) is 15.3. The van der Waals surface area contributed by atoms with Crippen molar-refractivity contribution in [1.29, 1.82) is 0 Å². The van der Waals surface area contributed by atoms with E-state index in [9.17, 15) is 0 Å². The van der Waals surface area contributed by atoms with Crippen LogP contribution in [-0.2, 0) is 20.1 Å². The highest BCUT2D eigenvalue weighted by Crippen LogP contribution is 2.12. The predicted molar refractivity (Wildman–Crippen MR) is 62.8 cm³/mol. The average molecular weight is 236 g/mol. The van der Waals surface area contributed by atoms with E-state index in [0.717, 1.165) is 23.9 Å². The van der Waals surface area contributed by atoms with Crippen LogP contribution >= 0.6 is 0 Å². The van der Waals surface area contributed by atoms with Crippen LogP contribution in [0.2, 0.25) is 0 Å². The first kappa shape index (κ1) is 11.4. The van der Waals surface area contributed by atoms with E-state index in [1.165, 1.54) is 0 Å². The normalized spacial score (nSPS) is 10.5. The zero-order valence-electron chi connectivity index (χ0n) is 10.2. The molecule has 0 aromatic carbocycles. The van der Waals surface area contributed by atoms with E-state index in [2.05, 4.69) is 20.7 Å². The molecular weight excluding hydrogens is 220 g/mol. The highest BCUT2D eigenvalue weighted by Gasteiger charge is 2.06. The maximum Gasteiger partial charge on any atom is 0.211 e. The first-order valence-corrected chi connectivity index (χ1v) is 5.44. The highest BCUT2D eigenvalue weighted by atomic mass is 16.5. The molecule has 0 saturated carbocycles. The van der Waals surface area contributed by atoms with E-state index in [0.29, 0.717) is 6.54 Å². The van der Waals surface area contributed by atoms with Crippen molar-refractivity contribution in [3.63, 3.8) is 0 Å². The second-order valence-electron chi connectivity index (χ2n) is 3.59. The standard InChI is InChI=1S/C10H16N6O/c1-4-16-9(7-12-14-16)11-6-8-5-10(17-3)15(2)13-8/h5,7,11H,4,6H2,1-3H3. The third kappa shape index (κ3) is 2.38. The van der Waals surface area contributed by atoms with Gasteiger partial charge in [-0.3, -0.25) is 0 Å². The van der Waals surface area contributed by atoms with Gasteiger partial charge in [-0.1, -0.05) is 5.21 Å². The van der Waals surface area contributed by atoms with Crippen LogP contribution in [0, 0.1) is 0 Å². The monoisotopic (exact) mass is 236 g/mol. The molecule has 7 nitrogen and oxygen atoms in total. The molecule has 17 heavy (non-hydrogen) atoms. The molecule has 0 bridgehead atoms. The second kappa shape index (κ2) is 4.86. The van der Waals surface area contributed by atoms with Crippen LogP contribution < -0.4 is 10.1 Å². The zero-order valence-corrected chi connectivity index (χ0v) is 10.2. The first-order chi connectivity index (χ1) is 8.24. The van der Waals surface area contributed by atoms with E-state index in [-0.39, 0.29) is 0 Å². The zero-order chi connectivity index (χ0) is 12.3. The van der Waals surface area contributed by atoms with Crippen molar-refractivity contribution in [2.24, 2.45) is 7.05 Å². The molecular formula is C10H16N6O. The molecule has 0 spiro atoms. The van der Waals surface area contributed by atoms with Gasteiger partial charge in [-0.2, -0.15) is 5.10 Å². The number of nitrogens with one attached hydrogen (secondary N) is 1. The number of ether oxygens (including phenoxy) is 1. The number of rotatable bonds is 5. The van der Waals surface area contributed by atoms with Gasteiger partial charge in [0, 0.05) is 19.7 Å². The Balaban J connectivity index is 2.02. The Kier molecular flexibility index (Phi) is 3.27. The largest absolute Gasteiger partial charge is 0.481 e. The Labute approximate surface area is 99.4 Å². The van der Waals surface area contributed by atoms with Crippen molar-refractivity contribution >= 4 is 5.82 Å². The van der Waals surface area contributed by atoms with Gasteiger partial charge in [-0.05, 0) is 6.92 Å². The Morgan fingerprint density at radius 2 is 2.29 bits per heavy atom. The summed E-state index contributed by atoms with van der Waals surface area (Å²) in [5.74, 6) is 1.63. The lowest BCUT2D eigenvalue weighted by Gasteiger charge is -2.04. The number of methoxy groups -OCH3 is 1. The summed E-state index contributed by atoms with van der Waals surface area (Å²) in [4.78, 5) is 0. The number of nitrogens with zero attached hydrogens (tertiary/aromatic N) is 5. The molecule has 0 aliphatic heterocycles. The first-order valence-electron chi connectivity index (χ1n) is 5.44. The molecule has 0 unspecified atom stereocenters. The molecule has 2 aromatic heterocycles. The molecule has 0 fully saturated rings. The van der Waals surface area contributed by atoms with Crippen LogP contribution in [-0.4, -0.2) is 31.9 Å². The minimum atomic E-state index is 0.616. The van der Waals surface area contributed by atoms with Gasteiger partial charge >= 0.3 is 0 Å². The van der Waals surface area contributed by atoms with Crippen LogP contribution in [0.5, 0.6) is 5.88 Å². The fraction of sp³-hybridized carbons (Fsp3) is 0.500. The lowest BCUT2D eigenvalue weighted by molar-refractivity contribution is 0.373. The fourth-order valence-corrected chi connectivity index (χ4v) is 1.59. The summed E-state index contributed by atoms with van der Waals surface area (Å²) in [5.41, 5.74) is 0.910. The van der Waals surface area contributed by atoms with Gasteiger partial charge in [0.2, 0.25) is 5.88 Å². The number of anilines is 1. The SMILES string of the molecule is CCn1nncc1NCc1cc(OC)n(C)n1. The van der Waals surface area contributed by atoms with Gasteiger partial charge < -0.3 is 10.1 Å². The Bertz CT molecular complexity index is 489. The summed E-state index contributed by atoms with van der Waals surface area (Å²) in [6, 6.07) is 1.90. The molecule has 0 aliphatic rings. The number of hydrogen-bond acceptors (Lipinski definition) is 5. The van der Waals surface area contributed by atoms with Gasteiger partial charge in [0.15, 0.2) is 0 Å². The smallest absolute Gasteiger partial charge is 0.211 e. The number of hydrogen-bond donors (Lipinski definition) is 1. The molecule has 0 radical (unpaired) electrons. The highest BCUT2D eigenvalue weighted by molar-refractivity contribution is 5.32. The number of aryl methyl sites for hydroxylation is 2. The molecule has 92 valence electrons. The molecule has 0 saturated heterocycles. The van der Waals surface area contributed by atoms with E-state index in [1.54, 1.807) is 22.7 Å². The van der Waals surface area contributed by atoms with Crippen molar-refractivity contribution in [3.05, 3.63) is 18.0 Å². The third-order valence-corrected chi connectivity index (χ3v) is 2.46. The van der Waals surface area contributed by atoms with Crippen LogP contribution in [0.15, 0.2) is 12.3 Å². The summed E-state index contributed by atoms with van der Waals surface area (Å²) >= 11 is 0. The van der Waals surface area contributed by atoms with Gasteiger partial charge in [0.1, 0.15) is 5.82 Å². The molecule has 2 aromatic rings. The van der Waals surface area contributed by atoms with Crippen LogP contribution in [0.4, 0.5) is 5.82 Å². The molecule has 1 N–H and O–H groups in total. The van der Waals surface area contributed by atoms with Crippen LogP contribution in [0.25, 0.3) is 0 Å². The summed E-state index contributed by atoms with van der Waals surface area (Å²) in [7, 11) is 3.48. The minimum Gasteiger partial charge on any atom is -0.481 e. The Hall–Kier alpha value is -2.05. The molecule has 2 heterocycles. The van der Waals surface area contributed by atoms with E-state index in [4.69, 9.17) is 4.74 Å². The van der Waals surface area contributed by atoms with Crippen molar-refractivity contribution in [1.82, 2.24) is 24.8 Å². The van der Waals surface area contributed by atoms with Crippen LogP contribution in [0.3, 0.4) is 0 Å². The van der Waals surface area contributed by atoms with Crippen molar-refractivity contribution in [2.75, 3.05) is 12.4 Å². The van der Waals surface area contributed by atoms with Crippen LogP contribution in [0.1, 0.15) is 12.6 Å². The topological polar surface area (TPSA) is 69.8 Å². The van der Waals surface area contributed by atoms with Crippen molar-refractivity contribution in [2.45, 2.75) is 20.0 Å². The lowest BCUT2D eigenvalue weighted by Crippen LogP contribution is -2.07. The molecule has 2 rings (SSSR count). The van der Waals surface area contributed by atoms with Crippen molar-refractivity contribution in [3.8, 4) is 5.88 Å². The van der Waals surface area contributed by atoms with Gasteiger partial charge in [-0.15, -0.1) is 5.10 Å². The average Bonchev–Trinajstić information content (AvgIpc) is 2.92. The van der Waals surface area contributed by atoms with E-state index < -0.39 is 0 Å². The third-order valence-electron chi connectivity index (χ3n) is 2.46. The Morgan fingerprint density at radius 1 is 1.47 bits per heavy atom. The molecule has 0 amide bonds. The van der Waals surface area contributed by atoms with Gasteiger partial charge in [-0.25, -0.2) is 9.36 Å². The van der Waals surface area contributed by atoms with Gasteiger partial charge in [0.25, 0.3) is 0 Å². The minimum absolute atomic E-state index is 0.616. The summed E-state index contributed by atoms with van der Waals surface area (Å²) < 4.78 is 8.64. The maximum atomic E-state index is 5.15. The molecule has 0 atom stereocenters. The maximum absolute atomic E-state index is 5.15. The molecule has 7 heteroatoms. The van der Waals surface area contributed by atoms with Gasteiger partial charge in [0.05, 0.1) is 25.5 Å². The van der Waals surface area contributed by atoms with Crippen molar-refractivity contribution < 1.29 is 4.74 Å². The predicted octanol–water partition coefficient (Wildman–Crippen LogP) is 0.652. The quantitative estimate of drug-likeness (QED) is 0.825. The summed E-state index contributed by atoms with van der Waals surface area (Å²) in [6.07, 6.45) is 1.70. The Morgan fingerprint density at radius 3 is 2.94 bits per heavy atom. The fourth-order valence-electron chi connectivity index (χ4n) is 1.59. The van der Waals surface area contributed by atoms with E-state index >= 15 is 0 Å². The van der Waals surface area contributed by atoms with E-state index in [1.807, 2.05) is 20.0 Å². The summed E-state index contributed by atoms with van der Waals surface area (Å²) in [6.45, 7) is 3.42. The lowest BCUT2D eigenvalue weighted by atomic mass is 10.4. The second-order valence-corrected chi connectivity index (χ2v) is 3.59.